The highest BCUT2D eigenvalue weighted by Gasteiger charge is 2.22. The Hall–Kier alpha value is -3.03. The summed E-state index contributed by atoms with van der Waals surface area (Å²) in [6.07, 6.45) is 3.46. The van der Waals surface area contributed by atoms with Crippen molar-refractivity contribution in [1.82, 2.24) is 20.2 Å². The number of piperazine rings is 1. The van der Waals surface area contributed by atoms with Crippen molar-refractivity contribution in [1.29, 1.82) is 0 Å². The van der Waals surface area contributed by atoms with Crippen LogP contribution in [-0.2, 0) is 0 Å². The van der Waals surface area contributed by atoms with Gasteiger partial charge in [-0.1, -0.05) is 0 Å². The average molecular weight is 371 g/mol. The number of benzene rings is 1. The fourth-order valence-electron chi connectivity index (χ4n) is 2.80. The first-order valence-corrected chi connectivity index (χ1v) is 9.16. The third-order valence-corrected chi connectivity index (χ3v) is 4.18. The van der Waals surface area contributed by atoms with Gasteiger partial charge in [-0.2, -0.15) is 0 Å². The van der Waals surface area contributed by atoms with Crippen LogP contribution in [0.3, 0.4) is 0 Å². The summed E-state index contributed by atoms with van der Waals surface area (Å²) in [6, 6.07) is 9.18. The Morgan fingerprint density at radius 3 is 2.30 bits per heavy atom. The summed E-state index contributed by atoms with van der Waals surface area (Å²) in [6.45, 7) is 6.18. The van der Waals surface area contributed by atoms with Gasteiger partial charge in [-0.05, 0) is 37.3 Å². The van der Waals surface area contributed by atoms with Crippen molar-refractivity contribution in [2.24, 2.45) is 0 Å². The summed E-state index contributed by atoms with van der Waals surface area (Å²) in [4.78, 5) is 24.6. The predicted molar refractivity (Wildman–Crippen MR) is 102 cm³/mol. The number of urea groups is 1. The number of anilines is 1. The fraction of sp³-hybridized carbons (Fsp3) is 0.421. The predicted octanol–water partition coefficient (Wildman–Crippen LogP) is 1.79. The first kappa shape index (κ1) is 18.8. The van der Waals surface area contributed by atoms with Crippen molar-refractivity contribution in [3.8, 4) is 11.5 Å². The molecule has 0 unspecified atom stereocenters. The van der Waals surface area contributed by atoms with E-state index in [-0.39, 0.29) is 6.03 Å². The lowest BCUT2D eigenvalue weighted by Crippen LogP contribution is -2.52. The fourth-order valence-corrected chi connectivity index (χ4v) is 2.80. The van der Waals surface area contributed by atoms with Gasteiger partial charge in [-0.3, -0.25) is 0 Å². The van der Waals surface area contributed by atoms with Gasteiger partial charge in [0, 0.05) is 38.6 Å². The maximum atomic E-state index is 12.3. The van der Waals surface area contributed by atoms with E-state index < -0.39 is 0 Å². The molecule has 1 aromatic carbocycles. The van der Waals surface area contributed by atoms with Gasteiger partial charge in [0.15, 0.2) is 0 Å². The van der Waals surface area contributed by atoms with Crippen molar-refractivity contribution < 1.29 is 14.3 Å². The van der Waals surface area contributed by atoms with E-state index in [1.807, 2.05) is 31.2 Å². The summed E-state index contributed by atoms with van der Waals surface area (Å²) in [5.74, 6) is 2.28. The second-order valence-electron chi connectivity index (χ2n) is 6.01. The van der Waals surface area contributed by atoms with Crippen molar-refractivity contribution in [3.63, 3.8) is 0 Å². The maximum absolute atomic E-state index is 12.3. The van der Waals surface area contributed by atoms with Crippen LogP contribution in [0.2, 0.25) is 0 Å². The summed E-state index contributed by atoms with van der Waals surface area (Å²) in [5, 5.41) is 2.90. The number of nitrogens with one attached hydrogen (secondary N) is 1. The lowest BCUT2D eigenvalue weighted by atomic mass is 10.3. The molecule has 1 aromatic heterocycles. The molecule has 0 atom stereocenters. The molecule has 0 bridgehead atoms. The Bertz CT molecular complexity index is 703. The van der Waals surface area contributed by atoms with Crippen LogP contribution < -0.4 is 19.7 Å². The van der Waals surface area contributed by atoms with Gasteiger partial charge >= 0.3 is 6.03 Å². The molecule has 1 aliphatic rings. The molecule has 1 aliphatic heterocycles. The normalized spacial score (nSPS) is 14.0. The SMILES string of the molecule is CCOc1ccc(OCCNC(=O)N2CCN(c3ncccn3)CC2)cc1. The lowest BCUT2D eigenvalue weighted by molar-refractivity contribution is 0.191. The molecule has 8 nitrogen and oxygen atoms in total. The van der Waals surface area contributed by atoms with Crippen LogP contribution in [0.4, 0.5) is 10.7 Å². The molecular formula is C19H25N5O3. The molecule has 1 saturated heterocycles. The van der Waals surface area contributed by atoms with Gasteiger partial charge in [-0.25, -0.2) is 14.8 Å². The van der Waals surface area contributed by atoms with Crippen LogP contribution in [0.1, 0.15) is 6.92 Å². The standard InChI is InChI=1S/C19H25N5O3/c1-2-26-16-4-6-17(7-5-16)27-15-10-22-19(25)24-13-11-23(12-14-24)18-20-8-3-9-21-18/h3-9H,2,10-15H2,1H3,(H,22,25). The number of hydrogen-bond donors (Lipinski definition) is 1. The van der Waals surface area contributed by atoms with Crippen LogP contribution >= 0.6 is 0 Å². The van der Waals surface area contributed by atoms with Gasteiger partial charge in [-0.15, -0.1) is 0 Å². The van der Waals surface area contributed by atoms with Crippen molar-refractivity contribution >= 4 is 12.0 Å². The lowest BCUT2D eigenvalue weighted by Gasteiger charge is -2.34. The zero-order valence-corrected chi connectivity index (χ0v) is 15.5. The second kappa shape index (κ2) is 9.61. The van der Waals surface area contributed by atoms with Crippen LogP contribution in [0.15, 0.2) is 42.7 Å². The topological polar surface area (TPSA) is 79.8 Å². The Morgan fingerprint density at radius 1 is 1.04 bits per heavy atom. The largest absolute Gasteiger partial charge is 0.494 e. The number of carbonyl (C=O) groups is 1. The molecule has 3 rings (SSSR count). The minimum absolute atomic E-state index is 0.0704. The van der Waals surface area contributed by atoms with Crippen LogP contribution in [0, 0.1) is 0 Å². The second-order valence-corrected chi connectivity index (χ2v) is 6.01. The molecule has 2 heterocycles. The Labute approximate surface area is 159 Å². The quantitative estimate of drug-likeness (QED) is 0.748. The number of ether oxygens (including phenoxy) is 2. The molecule has 1 N–H and O–H groups in total. The number of carbonyl (C=O) groups excluding carboxylic acids is 1. The number of amides is 2. The molecule has 27 heavy (non-hydrogen) atoms. The van der Waals surface area contributed by atoms with E-state index in [1.165, 1.54) is 0 Å². The summed E-state index contributed by atoms with van der Waals surface area (Å²) in [7, 11) is 0. The number of nitrogens with zero attached hydrogens (tertiary/aromatic N) is 4. The highest BCUT2D eigenvalue weighted by molar-refractivity contribution is 5.74. The zero-order valence-electron chi connectivity index (χ0n) is 15.5. The summed E-state index contributed by atoms with van der Waals surface area (Å²) < 4.78 is 11.0. The van der Waals surface area contributed by atoms with E-state index in [4.69, 9.17) is 9.47 Å². The molecule has 0 radical (unpaired) electrons. The van der Waals surface area contributed by atoms with Gasteiger partial charge in [0.2, 0.25) is 5.95 Å². The Kier molecular flexibility index (Phi) is 6.67. The molecular weight excluding hydrogens is 346 g/mol. The maximum Gasteiger partial charge on any atom is 0.317 e. The van der Waals surface area contributed by atoms with Crippen molar-refractivity contribution in [3.05, 3.63) is 42.7 Å². The first-order valence-electron chi connectivity index (χ1n) is 9.16. The van der Waals surface area contributed by atoms with Crippen molar-refractivity contribution in [2.45, 2.75) is 6.92 Å². The Morgan fingerprint density at radius 2 is 1.67 bits per heavy atom. The minimum atomic E-state index is -0.0704. The zero-order chi connectivity index (χ0) is 18.9. The molecule has 8 heteroatoms. The summed E-state index contributed by atoms with van der Waals surface area (Å²) in [5.41, 5.74) is 0. The molecule has 0 spiro atoms. The smallest absolute Gasteiger partial charge is 0.317 e. The summed E-state index contributed by atoms with van der Waals surface area (Å²) >= 11 is 0. The highest BCUT2D eigenvalue weighted by atomic mass is 16.5. The third-order valence-electron chi connectivity index (χ3n) is 4.18. The van der Waals surface area contributed by atoms with E-state index in [0.29, 0.717) is 38.8 Å². The van der Waals surface area contributed by atoms with E-state index in [2.05, 4.69) is 20.2 Å². The molecule has 1 fully saturated rings. The number of aromatic nitrogens is 2. The molecule has 144 valence electrons. The van der Waals surface area contributed by atoms with Gasteiger partial charge in [0.05, 0.1) is 13.2 Å². The minimum Gasteiger partial charge on any atom is -0.494 e. The highest BCUT2D eigenvalue weighted by Crippen LogP contribution is 2.17. The van der Waals surface area contributed by atoms with Gasteiger partial charge in [0.25, 0.3) is 0 Å². The molecule has 2 aromatic rings. The molecule has 0 saturated carbocycles. The van der Waals surface area contributed by atoms with Crippen LogP contribution in [0.5, 0.6) is 11.5 Å². The van der Waals surface area contributed by atoms with Crippen molar-refractivity contribution in [2.75, 3.05) is 50.8 Å². The van der Waals surface area contributed by atoms with E-state index in [1.54, 1.807) is 23.4 Å². The molecule has 2 amide bonds. The molecule has 0 aliphatic carbocycles. The van der Waals surface area contributed by atoms with Gasteiger partial charge in [0.1, 0.15) is 18.1 Å². The van der Waals surface area contributed by atoms with Crippen LogP contribution in [-0.4, -0.2) is 66.8 Å². The van der Waals surface area contributed by atoms with Gasteiger partial charge < -0.3 is 24.6 Å². The number of hydrogen-bond acceptors (Lipinski definition) is 6. The average Bonchev–Trinajstić information content (AvgIpc) is 2.73. The first-order chi connectivity index (χ1) is 13.3. The third kappa shape index (κ3) is 5.47. The van der Waals surface area contributed by atoms with E-state index >= 15 is 0 Å². The van der Waals surface area contributed by atoms with Crippen LogP contribution in [0.25, 0.3) is 0 Å². The van der Waals surface area contributed by atoms with E-state index in [9.17, 15) is 4.79 Å². The monoisotopic (exact) mass is 371 g/mol. The number of rotatable bonds is 7. The Balaban J connectivity index is 1.34. The van der Waals surface area contributed by atoms with E-state index in [0.717, 1.165) is 24.6 Å².